The molecule has 10 heavy (non-hydrogen) atoms. The Bertz CT molecular complexity index is 181. The predicted molar refractivity (Wildman–Crippen MR) is 43.3 cm³/mol. The molecule has 0 aliphatic heterocycles. The van der Waals surface area contributed by atoms with Gasteiger partial charge in [0, 0.05) is 6.04 Å². The average molecular weight is 134 g/mol. The highest BCUT2D eigenvalue weighted by Crippen LogP contribution is 2.11. The largest absolute Gasteiger partial charge is 0.324 e. The van der Waals surface area contributed by atoms with Crippen molar-refractivity contribution >= 4 is 0 Å². The van der Waals surface area contributed by atoms with Gasteiger partial charge in [-0.25, -0.2) is 0 Å². The van der Waals surface area contributed by atoms with Gasteiger partial charge in [0.1, 0.15) is 0 Å². The zero-order valence-electron chi connectivity index (χ0n) is 5.96. The van der Waals surface area contributed by atoms with Gasteiger partial charge in [0.15, 0.2) is 0 Å². The lowest BCUT2D eigenvalue weighted by molar-refractivity contribution is 0.739. The second-order valence-electron chi connectivity index (χ2n) is 2.31. The fourth-order valence-corrected chi connectivity index (χ4v) is 0.867. The Balaban J connectivity index is 2.75. The molecule has 1 aromatic carbocycles. The van der Waals surface area contributed by atoms with E-state index < -0.39 is 0 Å². The molecule has 0 heterocycles. The summed E-state index contributed by atoms with van der Waals surface area (Å²) in [5, 5.41) is 0. The van der Waals surface area contributed by atoms with Crippen LogP contribution in [0.4, 0.5) is 0 Å². The molecule has 1 radical (unpaired) electrons. The molecule has 0 aliphatic carbocycles. The van der Waals surface area contributed by atoms with E-state index in [0.29, 0.717) is 0 Å². The van der Waals surface area contributed by atoms with Crippen LogP contribution in [0.2, 0.25) is 0 Å². The fraction of sp³-hybridized carbons (Fsp3) is 0.222. The van der Waals surface area contributed by atoms with Crippen LogP contribution in [-0.2, 0) is 0 Å². The van der Waals surface area contributed by atoms with E-state index in [9.17, 15) is 0 Å². The summed E-state index contributed by atoms with van der Waals surface area (Å²) in [5.74, 6) is 0. The molecule has 1 heteroatoms. The zero-order valence-corrected chi connectivity index (χ0v) is 5.96. The quantitative estimate of drug-likeness (QED) is 0.657. The van der Waals surface area contributed by atoms with Crippen molar-refractivity contribution in [3.63, 3.8) is 0 Å². The monoisotopic (exact) mass is 134 g/mol. The van der Waals surface area contributed by atoms with Crippen molar-refractivity contribution in [1.29, 1.82) is 0 Å². The Hall–Kier alpha value is -0.820. The Morgan fingerprint density at radius 2 is 1.90 bits per heavy atom. The maximum Gasteiger partial charge on any atom is 0.0294 e. The first kappa shape index (κ1) is 7.29. The standard InChI is InChI=1S/C9H12N/c1-2-9(10)8-6-4-3-5-7-8/h3-7,9H,1-2,10H2/t9-/m1/s1. The normalized spacial score (nSPS) is 13.0. The molecule has 0 fully saturated rings. The van der Waals surface area contributed by atoms with Gasteiger partial charge in [-0.3, -0.25) is 0 Å². The highest BCUT2D eigenvalue weighted by molar-refractivity contribution is 5.18. The van der Waals surface area contributed by atoms with Gasteiger partial charge >= 0.3 is 0 Å². The van der Waals surface area contributed by atoms with E-state index in [0.717, 1.165) is 12.0 Å². The van der Waals surface area contributed by atoms with Crippen LogP contribution in [0, 0.1) is 6.92 Å². The first-order valence-corrected chi connectivity index (χ1v) is 3.44. The maximum absolute atomic E-state index is 5.73. The van der Waals surface area contributed by atoms with Crippen molar-refractivity contribution in [3.8, 4) is 0 Å². The Kier molecular flexibility index (Phi) is 2.46. The number of hydrogen-bond donors (Lipinski definition) is 1. The summed E-state index contributed by atoms with van der Waals surface area (Å²) in [7, 11) is 0. The maximum atomic E-state index is 5.73. The minimum absolute atomic E-state index is 0.0983. The van der Waals surface area contributed by atoms with Gasteiger partial charge < -0.3 is 5.73 Å². The zero-order chi connectivity index (χ0) is 7.40. The SMILES string of the molecule is [CH2]C[C@@H](N)c1ccccc1. The summed E-state index contributed by atoms with van der Waals surface area (Å²) in [4.78, 5) is 0. The highest BCUT2D eigenvalue weighted by Gasteiger charge is 1.99. The van der Waals surface area contributed by atoms with Crippen molar-refractivity contribution < 1.29 is 0 Å². The molecule has 0 saturated heterocycles. The molecule has 0 saturated carbocycles. The number of nitrogens with two attached hydrogens (primary N) is 1. The molecule has 53 valence electrons. The molecule has 1 atom stereocenters. The van der Waals surface area contributed by atoms with Gasteiger partial charge in [0.05, 0.1) is 0 Å². The summed E-state index contributed by atoms with van der Waals surface area (Å²) in [5.41, 5.74) is 6.90. The molecule has 0 amide bonds. The first-order valence-electron chi connectivity index (χ1n) is 3.44. The van der Waals surface area contributed by atoms with Gasteiger partial charge in [0.2, 0.25) is 0 Å². The van der Waals surface area contributed by atoms with Crippen LogP contribution in [0.5, 0.6) is 0 Å². The third-order valence-electron chi connectivity index (χ3n) is 1.54. The van der Waals surface area contributed by atoms with Crippen LogP contribution in [0.25, 0.3) is 0 Å². The Labute approximate surface area is 61.9 Å². The smallest absolute Gasteiger partial charge is 0.0294 e. The lowest BCUT2D eigenvalue weighted by Gasteiger charge is -2.06. The van der Waals surface area contributed by atoms with Crippen LogP contribution >= 0.6 is 0 Å². The summed E-state index contributed by atoms with van der Waals surface area (Å²) >= 11 is 0. The molecule has 0 spiro atoms. The van der Waals surface area contributed by atoms with Crippen molar-refractivity contribution in [2.75, 3.05) is 0 Å². The van der Waals surface area contributed by atoms with E-state index in [-0.39, 0.29) is 6.04 Å². The molecule has 0 aliphatic rings. The van der Waals surface area contributed by atoms with E-state index in [4.69, 9.17) is 5.73 Å². The van der Waals surface area contributed by atoms with Crippen molar-refractivity contribution in [3.05, 3.63) is 42.8 Å². The van der Waals surface area contributed by atoms with Crippen LogP contribution in [0.15, 0.2) is 30.3 Å². The third-order valence-corrected chi connectivity index (χ3v) is 1.54. The molecule has 1 aromatic rings. The fourth-order valence-electron chi connectivity index (χ4n) is 0.867. The predicted octanol–water partition coefficient (Wildman–Crippen LogP) is 1.91. The number of benzene rings is 1. The third kappa shape index (κ3) is 1.58. The van der Waals surface area contributed by atoms with Gasteiger partial charge in [-0.15, -0.1) is 0 Å². The van der Waals surface area contributed by atoms with Crippen LogP contribution < -0.4 is 5.73 Å². The topological polar surface area (TPSA) is 26.0 Å². The van der Waals surface area contributed by atoms with E-state index >= 15 is 0 Å². The van der Waals surface area contributed by atoms with E-state index in [2.05, 4.69) is 6.92 Å². The minimum Gasteiger partial charge on any atom is -0.324 e. The molecule has 1 nitrogen and oxygen atoms in total. The summed E-state index contributed by atoms with van der Waals surface area (Å²) in [6.45, 7) is 3.74. The van der Waals surface area contributed by atoms with Crippen LogP contribution in [0.3, 0.4) is 0 Å². The van der Waals surface area contributed by atoms with E-state index in [1.54, 1.807) is 0 Å². The molecule has 0 bridgehead atoms. The number of rotatable bonds is 2. The van der Waals surface area contributed by atoms with Gasteiger partial charge in [-0.05, 0) is 12.0 Å². The lowest BCUT2D eigenvalue weighted by atomic mass is 10.1. The highest BCUT2D eigenvalue weighted by atomic mass is 14.6. The molecule has 0 unspecified atom stereocenters. The molecule has 2 N–H and O–H groups in total. The second kappa shape index (κ2) is 3.37. The van der Waals surface area contributed by atoms with Gasteiger partial charge in [-0.2, -0.15) is 0 Å². The molecular formula is C9H12N. The van der Waals surface area contributed by atoms with Crippen molar-refractivity contribution in [2.45, 2.75) is 12.5 Å². The first-order chi connectivity index (χ1) is 4.84. The second-order valence-corrected chi connectivity index (χ2v) is 2.31. The van der Waals surface area contributed by atoms with Gasteiger partial charge in [-0.1, -0.05) is 37.3 Å². The van der Waals surface area contributed by atoms with Crippen molar-refractivity contribution in [2.24, 2.45) is 5.73 Å². The van der Waals surface area contributed by atoms with E-state index in [1.165, 1.54) is 0 Å². The minimum atomic E-state index is 0.0983. The van der Waals surface area contributed by atoms with Crippen LogP contribution in [0.1, 0.15) is 18.0 Å². The number of hydrogen-bond acceptors (Lipinski definition) is 1. The summed E-state index contributed by atoms with van der Waals surface area (Å²) in [6, 6.07) is 10.1. The molecule has 1 rings (SSSR count). The Morgan fingerprint density at radius 1 is 1.30 bits per heavy atom. The van der Waals surface area contributed by atoms with Crippen LogP contribution in [-0.4, -0.2) is 0 Å². The lowest BCUT2D eigenvalue weighted by Crippen LogP contribution is -2.07. The average Bonchev–Trinajstić information content (AvgIpc) is 2.05. The summed E-state index contributed by atoms with van der Waals surface area (Å²) in [6.07, 6.45) is 0.754. The van der Waals surface area contributed by atoms with Gasteiger partial charge in [0.25, 0.3) is 0 Å². The van der Waals surface area contributed by atoms with Crippen molar-refractivity contribution in [1.82, 2.24) is 0 Å². The molecular weight excluding hydrogens is 122 g/mol. The summed E-state index contributed by atoms with van der Waals surface area (Å²) < 4.78 is 0. The Morgan fingerprint density at radius 3 is 2.40 bits per heavy atom. The molecule has 0 aromatic heterocycles. The van der Waals surface area contributed by atoms with E-state index in [1.807, 2.05) is 30.3 Å².